The summed E-state index contributed by atoms with van der Waals surface area (Å²) in [5.74, 6) is 0.418. The first-order valence-corrected chi connectivity index (χ1v) is 7.63. The van der Waals surface area contributed by atoms with Crippen LogP contribution in [0, 0.1) is 5.92 Å². The number of carbonyl (C=O) groups is 2. The zero-order valence-corrected chi connectivity index (χ0v) is 13.7. The van der Waals surface area contributed by atoms with Gasteiger partial charge in [-0.25, -0.2) is 0 Å². The summed E-state index contributed by atoms with van der Waals surface area (Å²) in [5, 5.41) is 5.48. The molecule has 0 aromatic carbocycles. The molecule has 2 N–H and O–H groups in total. The van der Waals surface area contributed by atoms with Crippen molar-refractivity contribution in [2.75, 3.05) is 33.0 Å². The molecule has 0 atom stereocenters. The molecule has 0 heterocycles. The molecule has 0 aliphatic rings. The highest BCUT2D eigenvalue weighted by molar-refractivity contribution is 5.77. The molecule has 0 fully saturated rings. The Hall–Kier alpha value is -1.14. The average molecular weight is 302 g/mol. The Morgan fingerprint density at radius 2 is 1.67 bits per heavy atom. The van der Waals surface area contributed by atoms with Gasteiger partial charge in [0, 0.05) is 25.6 Å². The standard InChI is InChI=1S/C15H30N2O4/c1-12(2)5-8-21-11-15(19)16-7-10-20-9-6-14(18)17-13(3)4/h12-13H,5-11H2,1-4H3,(H,16,19)(H,17,18). The minimum Gasteiger partial charge on any atom is -0.379 e. The van der Waals surface area contributed by atoms with E-state index in [2.05, 4.69) is 24.5 Å². The maximum absolute atomic E-state index is 11.4. The van der Waals surface area contributed by atoms with E-state index in [9.17, 15) is 9.59 Å². The lowest BCUT2D eigenvalue weighted by atomic mass is 10.1. The van der Waals surface area contributed by atoms with Crippen LogP contribution in [0.1, 0.15) is 40.5 Å². The van der Waals surface area contributed by atoms with Crippen LogP contribution < -0.4 is 10.6 Å². The first-order valence-electron chi connectivity index (χ1n) is 7.63. The van der Waals surface area contributed by atoms with E-state index >= 15 is 0 Å². The molecule has 0 saturated heterocycles. The van der Waals surface area contributed by atoms with Crippen LogP contribution in [0.5, 0.6) is 0 Å². The second-order valence-corrected chi connectivity index (χ2v) is 5.67. The fraction of sp³-hybridized carbons (Fsp3) is 0.867. The summed E-state index contributed by atoms with van der Waals surface area (Å²) in [6.45, 7) is 9.93. The fourth-order valence-corrected chi connectivity index (χ4v) is 1.46. The molecule has 0 aromatic rings. The lowest BCUT2D eigenvalue weighted by Crippen LogP contribution is -2.32. The van der Waals surface area contributed by atoms with Crippen molar-refractivity contribution in [3.8, 4) is 0 Å². The van der Waals surface area contributed by atoms with Crippen molar-refractivity contribution in [2.45, 2.75) is 46.6 Å². The SMILES string of the molecule is CC(C)CCOCC(=O)NCCOCCC(=O)NC(C)C. The van der Waals surface area contributed by atoms with Gasteiger partial charge < -0.3 is 20.1 Å². The highest BCUT2D eigenvalue weighted by atomic mass is 16.5. The Morgan fingerprint density at radius 3 is 2.29 bits per heavy atom. The molecule has 0 aliphatic heterocycles. The molecule has 21 heavy (non-hydrogen) atoms. The zero-order valence-electron chi connectivity index (χ0n) is 13.7. The van der Waals surface area contributed by atoms with Crippen LogP contribution in [0.25, 0.3) is 0 Å². The third-order valence-corrected chi connectivity index (χ3v) is 2.56. The fourth-order valence-electron chi connectivity index (χ4n) is 1.46. The average Bonchev–Trinajstić information content (AvgIpc) is 2.37. The van der Waals surface area contributed by atoms with Crippen LogP contribution in [0.2, 0.25) is 0 Å². The highest BCUT2D eigenvalue weighted by Crippen LogP contribution is 1.98. The molecule has 0 spiro atoms. The van der Waals surface area contributed by atoms with E-state index in [1.165, 1.54) is 0 Å². The van der Waals surface area contributed by atoms with Crippen LogP contribution in [-0.4, -0.2) is 50.8 Å². The summed E-state index contributed by atoms with van der Waals surface area (Å²) < 4.78 is 10.5. The monoisotopic (exact) mass is 302 g/mol. The number of hydrogen-bond acceptors (Lipinski definition) is 4. The molecular weight excluding hydrogens is 272 g/mol. The quantitative estimate of drug-likeness (QED) is 0.529. The van der Waals surface area contributed by atoms with Crippen molar-refractivity contribution in [3.05, 3.63) is 0 Å². The number of hydrogen-bond donors (Lipinski definition) is 2. The van der Waals surface area contributed by atoms with Gasteiger partial charge in [0.2, 0.25) is 11.8 Å². The maximum atomic E-state index is 11.4. The molecule has 0 aliphatic carbocycles. The van der Waals surface area contributed by atoms with Crippen molar-refractivity contribution >= 4 is 11.8 Å². The third-order valence-electron chi connectivity index (χ3n) is 2.56. The Labute approximate surface area is 127 Å². The van der Waals surface area contributed by atoms with E-state index < -0.39 is 0 Å². The minimum absolute atomic E-state index is 0.0208. The summed E-state index contributed by atoms with van der Waals surface area (Å²) in [6, 6.07) is 0.146. The van der Waals surface area contributed by atoms with Crippen LogP contribution in [0.15, 0.2) is 0 Å². The Bertz CT molecular complexity index is 293. The predicted octanol–water partition coefficient (Wildman–Crippen LogP) is 1.10. The van der Waals surface area contributed by atoms with Crippen LogP contribution >= 0.6 is 0 Å². The molecule has 0 saturated carbocycles. The van der Waals surface area contributed by atoms with Gasteiger partial charge in [0.05, 0.1) is 13.2 Å². The number of rotatable bonds is 12. The van der Waals surface area contributed by atoms with E-state index in [-0.39, 0.29) is 24.5 Å². The van der Waals surface area contributed by atoms with Gasteiger partial charge in [-0.2, -0.15) is 0 Å². The first-order chi connectivity index (χ1) is 9.91. The Kier molecular flexibility index (Phi) is 11.9. The molecule has 0 rings (SSSR count). The van der Waals surface area contributed by atoms with Gasteiger partial charge >= 0.3 is 0 Å². The van der Waals surface area contributed by atoms with Crippen LogP contribution in [0.4, 0.5) is 0 Å². The molecule has 0 radical (unpaired) electrons. The van der Waals surface area contributed by atoms with Crippen molar-refractivity contribution in [1.82, 2.24) is 10.6 Å². The lowest BCUT2D eigenvalue weighted by molar-refractivity contribution is -0.126. The van der Waals surface area contributed by atoms with Gasteiger partial charge in [-0.15, -0.1) is 0 Å². The van der Waals surface area contributed by atoms with E-state index in [1.54, 1.807) is 0 Å². The number of amides is 2. The van der Waals surface area contributed by atoms with Crippen LogP contribution in [-0.2, 0) is 19.1 Å². The number of ether oxygens (including phenoxy) is 2. The summed E-state index contributed by atoms with van der Waals surface area (Å²) in [4.78, 5) is 22.7. The van der Waals surface area contributed by atoms with Gasteiger partial charge in [0.1, 0.15) is 6.61 Å². The van der Waals surface area contributed by atoms with Gasteiger partial charge in [0.15, 0.2) is 0 Å². The Morgan fingerprint density at radius 1 is 0.952 bits per heavy atom. The second kappa shape index (κ2) is 12.6. The zero-order chi connectivity index (χ0) is 16.1. The molecule has 0 aromatic heterocycles. The second-order valence-electron chi connectivity index (χ2n) is 5.67. The molecule has 0 unspecified atom stereocenters. The summed E-state index contributed by atoms with van der Waals surface area (Å²) in [6.07, 6.45) is 1.29. The van der Waals surface area contributed by atoms with Gasteiger partial charge in [-0.1, -0.05) is 13.8 Å². The summed E-state index contributed by atoms with van der Waals surface area (Å²) in [5.41, 5.74) is 0. The van der Waals surface area contributed by atoms with Crippen LogP contribution in [0.3, 0.4) is 0 Å². The molecule has 0 bridgehead atoms. The molecule has 6 nitrogen and oxygen atoms in total. The first kappa shape index (κ1) is 19.9. The largest absolute Gasteiger partial charge is 0.379 e. The smallest absolute Gasteiger partial charge is 0.246 e. The Balaban J connectivity index is 3.34. The number of nitrogens with one attached hydrogen (secondary N) is 2. The normalized spacial score (nSPS) is 11.0. The predicted molar refractivity (Wildman–Crippen MR) is 82.0 cm³/mol. The van der Waals surface area contributed by atoms with E-state index in [4.69, 9.17) is 9.47 Å². The topological polar surface area (TPSA) is 76.7 Å². The van der Waals surface area contributed by atoms with Gasteiger partial charge in [0.25, 0.3) is 0 Å². The van der Waals surface area contributed by atoms with E-state index in [0.29, 0.717) is 38.7 Å². The van der Waals surface area contributed by atoms with Crippen molar-refractivity contribution in [3.63, 3.8) is 0 Å². The van der Waals surface area contributed by atoms with Crippen molar-refractivity contribution in [2.24, 2.45) is 5.92 Å². The molecular formula is C15H30N2O4. The third kappa shape index (κ3) is 15.1. The number of carbonyl (C=O) groups excluding carboxylic acids is 2. The molecule has 124 valence electrons. The molecule has 6 heteroatoms. The summed E-state index contributed by atoms with van der Waals surface area (Å²) >= 11 is 0. The van der Waals surface area contributed by atoms with Gasteiger partial charge in [-0.3, -0.25) is 9.59 Å². The minimum atomic E-state index is -0.139. The van der Waals surface area contributed by atoms with Crippen molar-refractivity contribution < 1.29 is 19.1 Å². The lowest BCUT2D eigenvalue weighted by Gasteiger charge is -2.09. The summed E-state index contributed by atoms with van der Waals surface area (Å²) in [7, 11) is 0. The van der Waals surface area contributed by atoms with E-state index in [0.717, 1.165) is 6.42 Å². The van der Waals surface area contributed by atoms with E-state index in [1.807, 2.05) is 13.8 Å². The molecule has 2 amide bonds. The highest BCUT2D eigenvalue weighted by Gasteiger charge is 2.03. The maximum Gasteiger partial charge on any atom is 0.246 e. The van der Waals surface area contributed by atoms with Crippen molar-refractivity contribution in [1.29, 1.82) is 0 Å². The van der Waals surface area contributed by atoms with Gasteiger partial charge in [-0.05, 0) is 26.2 Å².